The Morgan fingerprint density at radius 2 is 2.16 bits per heavy atom. The summed E-state index contributed by atoms with van der Waals surface area (Å²) in [6, 6.07) is 9.64. The van der Waals surface area contributed by atoms with Crippen LogP contribution in [0.15, 0.2) is 30.5 Å². The molecule has 0 spiro atoms. The van der Waals surface area contributed by atoms with Crippen molar-refractivity contribution < 1.29 is 9.53 Å². The summed E-state index contributed by atoms with van der Waals surface area (Å²) < 4.78 is 6.80. The van der Waals surface area contributed by atoms with Crippen LogP contribution in [0, 0.1) is 16.7 Å². The Morgan fingerprint density at radius 1 is 1.42 bits per heavy atom. The van der Waals surface area contributed by atoms with Gasteiger partial charge in [-0.1, -0.05) is 6.07 Å². The zero-order chi connectivity index (χ0) is 14.0. The van der Waals surface area contributed by atoms with Crippen LogP contribution < -0.4 is 0 Å². The highest BCUT2D eigenvalue weighted by Crippen LogP contribution is 2.24. The lowest BCUT2D eigenvalue weighted by atomic mass is 9.93. The van der Waals surface area contributed by atoms with E-state index in [0.717, 1.165) is 10.9 Å². The first-order valence-electron chi connectivity index (χ1n) is 6.05. The number of esters is 1. The smallest absolute Gasteiger partial charge is 0.313 e. The molecule has 0 aliphatic carbocycles. The Bertz CT molecular complexity index is 662. The summed E-state index contributed by atoms with van der Waals surface area (Å²) in [4.78, 5) is 11.7. The summed E-state index contributed by atoms with van der Waals surface area (Å²) in [6.07, 6.45) is 1.93. The molecule has 1 aromatic carbocycles. The highest BCUT2D eigenvalue weighted by atomic mass is 16.5. The molecule has 0 radical (unpaired) electrons. The predicted molar refractivity (Wildman–Crippen MR) is 72.5 cm³/mol. The van der Waals surface area contributed by atoms with Crippen LogP contribution in [0.2, 0.25) is 0 Å². The summed E-state index contributed by atoms with van der Waals surface area (Å²) >= 11 is 0. The molecule has 2 aromatic rings. The number of carbonyl (C=O) groups is 1. The largest absolute Gasteiger partial charge is 0.469 e. The third-order valence-electron chi connectivity index (χ3n) is 3.21. The van der Waals surface area contributed by atoms with Gasteiger partial charge in [0.15, 0.2) is 0 Å². The van der Waals surface area contributed by atoms with E-state index in [1.807, 2.05) is 42.8 Å². The fraction of sp³-hybridized carbons (Fsp3) is 0.333. The fourth-order valence-electron chi connectivity index (χ4n) is 2.16. The fourth-order valence-corrected chi connectivity index (χ4v) is 2.16. The van der Waals surface area contributed by atoms with E-state index in [9.17, 15) is 4.79 Å². The van der Waals surface area contributed by atoms with Gasteiger partial charge in [0.05, 0.1) is 24.2 Å². The van der Waals surface area contributed by atoms with Gasteiger partial charge in [-0.15, -0.1) is 0 Å². The van der Waals surface area contributed by atoms with Crippen LogP contribution in [0.1, 0.15) is 19.4 Å². The highest BCUT2D eigenvalue weighted by molar-refractivity contribution is 5.82. The average molecular weight is 256 g/mol. The maximum Gasteiger partial charge on any atom is 0.313 e. The molecule has 19 heavy (non-hydrogen) atoms. The topological polar surface area (TPSA) is 55.0 Å². The Kier molecular flexibility index (Phi) is 3.30. The van der Waals surface area contributed by atoms with Crippen LogP contribution in [0.5, 0.6) is 0 Å². The summed E-state index contributed by atoms with van der Waals surface area (Å²) in [7, 11) is 1.39. The second-order valence-corrected chi connectivity index (χ2v) is 5.20. The zero-order valence-corrected chi connectivity index (χ0v) is 11.3. The van der Waals surface area contributed by atoms with Crippen molar-refractivity contribution in [3.63, 3.8) is 0 Å². The Morgan fingerprint density at radius 3 is 2.79 bits per heavy atom. The molecule has 2 rings (SSSR count). The number of benzene rings is 1. The number of methoxy groups -OCH3 is 1. The van der Waals surface area contributed by atoms with E-state index in [2.05, 4.69) is 6.07 Å². The molecule has 1 aromatic heterocycles. The van der Waals surface area contributed by atoms with Gasteiger partial charge in [-0.2, -0.15) is 5.26 Å². The first kappa shape index (κ1) is 13.2. The second kappa shape index (κ2) is 4.77. The molecular weight excluding hydrogens is 240 g/mol. The summed E-state index contributed by atoms with van der Waals surface area (Å²) in [5.41, 5.74) is 0.961. The van der Waals surface area contributed by atoms with Gasteiger partial charge in [-0.25, -0.2) is 0 Å². The average Bonchev–Trinajstić information content (AvgIpc) is 2.79. The van der Waals surface area contributed by atoms with Crippen LogP contribution >= 0.6 is 0 Å². The molecule has 0 amide bonds. The monoisotopic (exact) mass is 256 g/mol. The molecular formula is C15H16N2O2. The van der Waals surface area contributed by atoms with Crippen LogP contribution in [0.3, 0.4) is 0 Å². The van der Waals surface area contributed by atoms with E-state index in [4.69, 9.17) is 10.00 Å². The highest BCUT2D eigenvalue weighted by Gasteiger charge is 2.29. The maximum atomic E-state index is 11.7. The minimum absolute atomic E-state index is 0.245. The van der Waals surface area contributed by atoms with Gasteiger partial charge in [0, 0.05) is 18.3 Å². The molecule has 0 atom stereocenters. The number of ether oxygens (including phenoxy) is 1. The number of nitriles is 1. The van der Waals surface area contributed by atoms with Gasteiger partial charge in [-0.3, -0.25) is 4.79 Å². The molecule has 4 heteroatoms. The summed E-state index contributed by atoms with van der Waals surface area (Å²) in [6.45, 7) is 4.20. The van der Waals surface area contributed by atoms with Crippen molar-refractivity contribution in [1.29, 1.82) is 5.26 Å². The summed E-state index contributed by atoms with van der Waals surface area (Å²) in [5, 5.41) is 10.0. The minimum atomic E-state index is -0.608. The molecule has 0 N–H and O–H groups in total. The van der Waals surface area contributed by atoms with Crippen molar-refractivity contribution in [1.82, 2.24) is 4.57 Å². The molecule has 0 saturated heterocycles. The number of aromatic nitrogens is 1. The molecule has 0 saturated carbocycles. The number of rotatable bonds is 3. The van der Waals surface area contributed by atoms with E-state index in [1.165, 1.54) is 7.11 Å². The van der Waals surface area contributed by atoms with Crippen molar-refractivity contribution in [3.8, 4) is 6.07 Å². The molecule has 98 valence electrons. The maximum absolute atomic E-state index is 11.7. The van der Waals surface area contributed by atoms with Crippen molar-refractivity contribution in [2.45, 2.75) is 20.4 Å². The third kappa shape index (κ3) is 2.45. The normalized spacial score (nSPS) is 11.3. The van der Waals surface area contributed by atoms with Crippen LogP contribution in [-0.4, -0.2) is 17.6 Å². The van der Waals surface area contributed by atoms with Gasteiger partial charge in [0.25, 0.3) is 0 Å². The molecule has 0 fully saturated rings. The lowest BCUT2D eigenvalue weighted by molar-refractivity contribution is -0.151. The number of hydrogen-bond acceptors (Lipinski definition) is 3. The third-order valence-corrected chi connectivity index (χ3v) is 3.21. The summed E-state index contributed by atoms with van der Waals surface area (Å²) in [5.74, 6) is -0.245. The van der Waals surface area contributed by atoms with E-state index in [0.29, 0.717) is 12.1 Å². The number of carbonyl (C=O) groups excluding carboxylic acids is 1. The molecule has 1 heterocycles. The Balaban J connectivity index is 2.41. The van der Waals surface area contributed by atoms with Gasteiger partial charge in [0.2, 0.25) is 0 Å². The lowest BCUT2D eigenvalue weighted by Gasteiger charge is -2.22. The minimum Gasteiger partial charge on any atom is -0.469 e. The van der Waals surface area contributed by atoms with Crippen molar-refractivity contribution in [2.75, 3.05) is 7.11 Å². The molecule has 4 nitrogen and oxygen atoms in total. The van der Waals surface area contributed by atoms with Crippen LogP contribution in [0.25, 0.3) is 10.9 Å². The lowest BCUT2D eigenvalue weighted by Crippen LogP contribution is -2.30. The second-order valence-electron chi connectivity index (χ2n) is 5.20. The van der Waals surface area contributed by atoms with E-state index < -0.39 is 5.41 Å². The van der Waals surface area contributed by atoms with Crippen LogP contribution in [0.4, 0.5) is 0 Å². The molecule has 0 bridgehead atoms. The van der Waals surface area contributed by atoms with Crippen LogP contribution in [-0.2, 0) is 16.1 Å². The van der Waals surface area contributed by atoms with Crippen molar-refractivity contribution >= 4 is 16.9 Å². The van der Waals surface area contributed by atoms with Crippen molar-refractivity contribution in [2.24, 2.45) is 5.41 Å². The van der Waals surface area contributed by atoms with Gasteiger partial charge >= 0.3 is 5.97 Å². The Hall–Kier alpha value is -2.28. The van der Waals surface area contributed by atoms with E-state index in [1.54, 1.807) is 6.07 Å². The predicted octanol–water partition coefficient (Wildman–Crippen LogP) is 2.71. The SMILES string of the molecule is COC(=O)C(C)(C)Cn1ccc2ccc(C#N)cc21. The number of nitrogens with zero attached hydrogens (tertiary/aromatic N) is 2. The Labute approximate surface area is 112 Å². The number of hydrogen-bond donors (Lipinski definition) is 0. The molecule has 0 aliphatic heterocycles. The van der Waals surface area contributed by atoms with Gasteiger partial charge in [-0.05, 0) is 37.4 Å². The number of fused-ring (bicyclic) bond motifs is 1. The molecule has 0 unspecified atom stereocenters. The zero-order valence-electron chi connectivity index (χ0n) is 11.3. The first-order chi connectivity index (χ1) is 8.97. The van der Waals surface area contributed by atoms with Crippen molar-refractivity contribution in [3.05, 3.63) is 36.0 Å². The van der Waals surface area contributed by atoms with E-state index >= 15 is 0 Å². The van der Waals surface area contributed by atoms with Gasteiger partial charge < -0.3 is 9.30 Å². The first-order valence-corrected chi connectivity index (χ1v) is 6.05. The van der Waals surface area contributed by atoms with Gasteiger partial charge in [0.1, 0.15) is 0 Å². The molecule has 0 aliphatic rings. The quantitative estimate of drug-likeness (QED) is 0.793. The van der Waals surface area contributed by atoms with E-state index in [-0.39, 0.29) is 5.97 Å². The standard InChI is InChI=1S/C15H16N2O2/c1-15(2,14(18)19-3)10-17-7-6-12-5-4-11(9-16)8-13(12)17/h4-8H,10H2,1-3H3.